The first-order valence-electron chi connectivity index (χ1n) is 12.0. The van der Waals surface area contributed by atoms with Gasteiger partial charge in [0, 0.05) is 10.0 Å². The molecule has 1 unspecified atom stereocenters. The van der Waals surface area contributed by atoms with Crippen molar-refractivity contribution >= 4 is 39.3 Å². The van der Waals surface area contributed by atoms with Crippen LogP contribution in [0, 0.1) is 0 Å². The molecule has 3 aromatic rings. The molecule has 1 atom stereocenters. The topological polar surface area (TPSA) is 69.9 Å². The second-order valence-corrected chi connectivity index (χ2v) is 10.7. The Morgan fingerprint density at radius 2 is 1.89 bits per heavy atom. The van der Waals surface area contributed by atoms with Crippen molar-refractivity contribution in [1.82, 2.24) is 4.57 Å². The van der Waals surface area contributed by atoms with Crippen LogP contribution in [0.2, 0.25) is 0 Å². The molecule has 0 aliphatic carbocycles. The van der Waals surface area contributed by atoms with E-state index in [-0.39, 0.29) is 12.2 Å². The zero-order chi connectivity index (χ0) is 26.0. The molecule has 36 heavy (non-hydrogen) atoms. The van der Waals surface area contributed by atoms with Crippen molar-refractivity contribution in [3.05, 3.63) is 94.6 Å². The van der Waals surface area contributed by atoms with Gasteiger partial charge in [-0.3, -0.25) is 9.36 Å². The summed E-state index contributed by atoms with van der Waals surface area (Å²) in [5.74, 6) is 0.597. The molecule has 6 nitrogen and oxygen atoms in total. The number of esters is 1. The van der Waals surface area contributed by atoms with Crippen molar-refractivity contribution in [2.45, 2.75) is 46.6 Å². The summed E-state index contributed by atoms with van der Waals surface area (Å²) in [6, 6.07) is 13.1. The number of hydrogen-bond donors (Lipinski definition) is 0. The van der Waals surface area contributed by atoms with E-state index in [1.165, 1.54) is 16.9 Å². The molecular weight excluding hydrogens is 540 g/mol. The maximum Gasteiger partial charge on any atom is 0.338 e. The van der Waals surface area contributed by atoms with Gasteiger partial charge in [-0.1, -0.05) is 65.4 Å². The Bertz CT molecular complexity index is 1500. The Labute approximate surface area is 222 Å². The van der Waals surface area contributed by atoms with Gasteiger partial charge < -0.3 is 9.47 Å². The molecule has 0 spiro atoms. The molecule has 2 aromatic carbocycles. The predicted molar refractivity (Wildman–Crippen MR) is 146 cm³/mol. The third kappa shape index (κ3) is 5.11. The summed E-state index contributed by atoms with van der Waals surface area (Å²) < 4.78 is 14.2. The highest BCUT2D eigenvalue weighted by molar-refractivity contribution is 9.10. The number of aromatic nitrogens is 1. The van der Waals surface area contributed by atoms with Gasteiger partial charge in [0.2, 0.25) is 0 Å². The minimum atomic E-state index is -0.627. The van der Waals surface area contributed by atoms with Crippen LogP contribution in [-0.4, -0.2) is 23.8 Å². The first kappa shape index (κ1) is 26.1. The molecule has 0 bridgehead atoms. The van der Waals surface area contributed by atoms with Gasteiger partial charge in [0.05, 0.1) is 35.1 Å². The highest BCUT2D eigenvalue weighted by Crippen LogP contribution is 2.31. The van der Waals surface area contributed by atoms with Gasteiger partial charge in [-0.25, -0.2) is 9.79 Å². The number of ether oxygens (including phenoxy) is 2. The molecular formula is C28H29BrN2O4S. The van der Waals surface area contributed by atoms with Crippen LogP contribution < -0.4 is 19.6 Å². The largest absolute Gasteiger partial charge is 0.493 e. The lowest BCUT2D eigenvalue weighted by atomic mass is 9.93. The average molecular weight is 570 g/mol. The molecule has 0 saturated carbocycles. The Balaban J connectivity index is 1.94. The minimum absolute atomic E-state index is 0.214. The molecule has 4 rings (SSSR count). The van der Waals surface area contributed by atoms with Gasteiger partial charge in [0.25, 0.3) is 5.56 Å². The maximum atomic E-state index is 13.8. The molecule has 0 amide bonds. The molecule has 8 heteroatoms. The lowest BCUT2D eigenvalue weighted by Gasteiger charge is -2.25. The van der Waals surface area contributed by atoms with Crippen molar-refractivity contribution in [1.29, 1.82) is 0 Å². The first-order chi connectivity index (χ1) is 17.2. The van der Waals surface area contributed by atoms with E-state index in [1.54, 1.807) is 18.4 Å². The quantitative estimate of drug-likeness (QED) is 0.372. The summed E-state index contributed by atoms with van der Waals surface area (Å²) in [5, 5.41) is 0. The molecule has 0 saturated heterocycles. The van der Waals surface area contributed by atoms with Crippen molar-refractivity contribution in [3.8, 4) is 5.75 Å². The van der Waals surface area contributed by atoms with Crippen molar-refractivity contribution in [3.63, 3.8) is 0 Å². The number of rotatable bonds is 7. The van der Waals surface area contributed by atoms with Gasteiger partial charge in [0.15, 0.2) is 4.80 Å². The Hall–Kier alpha value is -2.97. The standard InChI is InChI=1S/C28H29BrN2O4S/c1-6-34-22-13-12-21(29)14-20(22)15-23-26(32)31-25(19-10-8-18(9-11-19)16(3)4)24(27(33)35-7-2)17(5)30-28(31)36-23/h8-16,25H,6-7H2,1-5H3/b23-15-. The molecule has 1 aromatic heterocycles. The molecule has 1 aliphatic heterocycles. The van der Waals surface area contributed by atoms with Crippen molar-refractivity contribution in [2.24, 2.45) is 4.99 Å². The lowest BCUT2D eigenvalue weighted by molar-refractivity contribution is -0.139. The van der Waals surface area contributed by atoms with Gasteiger partial charge in [-0.15, -0.1) is 0 Å². The molecule has 0 fully saturated rings. The lowest BCUT2D eigenvalue weighted by Crippen LogP contribution is -2.39. The zero-order valence-electron chi connectivity index (χ0n) is 21.0. The number of benzene rings is 2. The van der Waals surface area contributed by atoms with Gasteiger partial charge in [-0.2, -0.15) is 0 Å². The summed E-state index contributed by atoms with van der Waals surface area (Å²) in [7, 11) is 0. The summed E-state index contributed by atoms with van der Waals surface area (Å²) in [5.41, 5.74) is 3.52. The SMILES string of the molecule is CCOC(=O)C1=C(C)N=c2s/c(=C\c3cc(Br)ccc3OCC)c(=O)n2C1c1ccc(C(C)C)cc1. The molecule has 2 heterocycles. The highest BCUT2D eigenvalue weighted by atomic mass is 79.9. The van der Waals surface area contributed by atoms with E-state index >= 15 is 0 Å². The summed E-state index contributed by atoms with van der Waals surface area (Å²) in [6.07, 6.45) is 1.82. The summed E-state index contributed by atoms with van der Waals surface area (Å²) in [6.45, 7) is 10.5. The van der Waals surface area contributed by atoms with E-state index in [4.69, 9.17) is 9.47 Å². The van der Waals surface area contributed by atoms with E-state index in [0.29, 0.717) is 38.9 Å². The number of carbonyl (C=O) groups excluding carboxylic acids is 1. The van der Waals surface area contributed by atoms with E-state index in [2.05, 4.69) is 34.8 Å². The van der Waals surface area contributed by atoms with Crippen molar-refractivity contribution in [2.75, 3.05) is 13.2 Å². The van der Waals surface area contributed by atoms with Gasteiger partial charge >= 0.3 is 5.97 Å². The number of fused-ring (bicyclic) bond motifs is 1. The number of halogens is 1. The third-order valence-corrected chi connectivity index (χ3v) is 7.47. The fourth-order valence-electron chi connectivity index (χ4n) is 4.23. The molecule has 188 valence electrons. The summed E-state index contributed by atoms with van der Waals surface area (Å²) in [4.78, 5) is 32.1. The second kappa shape index (κ2) is 11.0. The molecule has 0 radical (unpaired) electrons. The molecule has 1 aliphatic rings. The van der Waals surface area contributed by atoms with Crippen LogP contribution in [0.25, 0.3) is 6.08 Å². The van der Waals surface area contributed by atoms with Crippen LogP contribution >= 0.6 is 27.3 Å². The van der Waals surface area contributed by atoms with Crippen molar-refractivity contribution < 1.29 is 14.3 Å². The number of allylic oxidation sites excluding steroid dienone is 1. The van der Waals surface area contributed by atoms with Crippen LogP contribution in [0.1, 0.15) is 63.3 Å². The number of nitrogens with zero attached hydrogens (tertiary/aromatic N) is 2. The Kier molecular flexibility index (Phi) is 7.95. The van der Waals surface area contributed by atoms with Gasteiger partial charge in [0.1, 0.15) is 5.75 Å². The van der Waals surface area contributed by atoms with Gasteiger partial charge in [-0.05, 0) is 62.1 Å². The minimum Gasteiger partial charge on any atom is -0.493 e. The number of thiazole rings is 1. The molecule has 0 N–H and O–H groups in total. The van der Waals surface area contributed by atoms with Crippen LogP contribution in [0.3, 0.4) is 0 Å². The normalized spacial score (nSPS) is 15.6. The zero-order valence-corrected chi connectivity index (χ0v) is 23.4. The van der Waals surface area contributed by atoms with Crippen LogP contribution in [0.5, 0.6) is 5.75 Å². The monoisotopic (exact) mass is 568 g/mol. The smallest absolute Gasteiger partial charge is 0.338 e. The van der Waals surface area contributed by atoms with Crippen LogP contribution in [0.15, 0.2) is 68.0 Å². The van der Waals surface area contributed by atoms with Crippen LogP contribution in [0.4, 0.5) is 0 Å². The fourth-order valence-corrected chi connectivity index (χ4v) is 5.65. The van der Waals surface area contributed by atoms with E-state index in [0.717, 1.165) is 15.6 Å². The van der Waals surface area contributed by atoms with E-state index in [9.17, 15) is 9.59 Å². The predicted octanol–water partition coefficient (Wildman–Crippen LogP) is 5.08. The maximum absolute atomic E-state index is 13.8. The first-order valence-corrected chi connectivity index (χ1v) is 13.6. The van der Waals surface area contributed by atoms with E-state index in [1.807, 2.05) is 55.5 Å². The number of hydrogen-bond acceptors (Lipinski definition) is 6. The number of carbonyl (C=O) groups is 1. The average Bonchev–Trinajstić information content (AvgIpc) is 3.14. The van der Waals surface area contributed by atoms with E-state index < -0.39 is 12.0 Å². The van der Waals surface area contributed by atoms with Crippen LogP contribution in [-0.2, 0) is 9.53 Å². The third-order valence-electron chi connectivity index (χ3n) is 5.99. The Morgan fingerprint density at radius 1 is 1.17 bits per heavy atom. The highest BCUT2D eigenvalue weighted by Gasteiger charge is 2.33. The second-order valence-electron chi connectivity index (χ2n) is 8.74. The summed E-state index contributed by atoms with van der Waals surface area (Å²) >= 11 is 4.80. The Morgan fingerprint density at radius 3 is 2.53 bits per heavy atom. The fraction of sp³-hybridized carbons (Fsp3) is 0.321.